The van der Waals surface area contributed by atoms with Gasteiger partial charge in [-0.15, -0.1) is 11.3 Å². The number of aliphatic hydroxyl groups excluding tert-OH is 1. The van der Waals surface area contributed by atoms with Crippen LogP contribution in [0.1, 0.15) is 43.7 Å². The van der Waals surface area contributed by atoms with E-state index in [1.54, 1.807) is 0 Å². The smallest absolute Gasteiger partial charge is 0.208 e. The molecule has 13 heavy (non-hydrogen) atoms. The van der Waals surface area contributed by atoms with Gasteiger partial charge >= 0.3 is 0 Å². The molecule has 0 fully saturated rings. The highest BCUT2D eigenvalue weighted by Crippen LogP contribution is 2.23. The monoisotopic (exact) mass is 201 g/mol. The number of hydrogen-bond acceptors (Lipinski definition) is 4. The minimum Gasteiger partial charge on any atom is -0.362 e. The first-order valence-electron chi connectivity index (χ1n) is 4.40. The molecule has 1 unspecified atom stereocenters. The van der Waals surface area contributed by atoms with Crippen molar-refractivity contribution in [1.29, 1.82) is 0 Å². The highest BCUT2D eigenvalue weighted by atomic mass is 32.1. The first kappa shape index (κ1) is 10.6. The minimum atomic E-state index is -0.859. The first-order valence-corrected chi connectivity index (χ1v) is 5.28. The molecule has 0 saturated carbocycles. The van der Waals surface area contributed by atoms with Gasteiger partial charge < -0.3 is 9.84 Å². The van der Waals surface area contributed by atoms with E-state index in [1.165, 1.54) is 11.3 Å². The van der Waals surface area contributed by atoms with Crippen LogP contribution in [0.15, 0.2) is 5.38 Å². The molecule has 1 aromatic heterocycles. The molecule has 0 aliphatic rings. The number of nitrogens with zero attached hydrogens (tertiary/aromatic N) is 1. The van der Waals surface area contributed by atoms with Crippen molar-refractivity contribution in [3.8, 4) is 0 Å². The van der Waals surface area contributed by atoms with Crippen LogP contribution in [0.2, 0.25) is 0 Å². The summed E-state index contributed by atoms with van der Waals surface area (Å²) in [4.78, 5) is 4.27. The van der Waals surface area contributed by atoms with Crippen LogP contribution in [0.5, 0.6) is 0 Å². The Labute approximate surface area is 82.4 Å². The quantitative estimate of drug-likeness (QED) is 0.760. The van der Waals surface area contributed by atoms with Gasteiger partial charge in [0, 0.05) is 12.0 Å². The number of hydrogen-bond donors (Lipinski definition) is 1. The standard InChI is InChI=1S/C9H15NO2S/c1-4-12-9(11)8-10-7(5-13-8)6(2)3/h5-6,9,11H,4H2,1-3H3. The molecule has 1 aromatic rings. The second-order valence-electron chi connectivity index (χ2n) is 3.07. The molecular weight excluding hydrogens is 186 g/mol. The normalized spacial score (nSPS) is 13.6. The van der Waals surface area contributed by atoms with Crippen LogP contribution in [0, 0.1) is 0 Å². The van der Waals surface area contributed by atoms with Crippen molar-refractivity contribution in [2.24, 2.45) is 0 Å². The maximum absolute atomic E-state index is 9.44. The Morgan fingerprint density at radius 2 is 2.31 bits per heavy atom. The Kier molecular flexibility index (Phi) is 3.84. The molecule has 1 rings (SSSR count). The van der Waals surface area contributed by atoms with Crippen molar-refractivity contribution in [3.05, 3.63) is 16.1 Å². The number of rotatable bonds is 4. The molecule has 74 valence electrons. The molecule has 0 aliphatic heterocycles. The summed E-state index contributed by atoms with van der Waals surface area (Å²) >= 11 is 1.44. The number of ether oxygens (including phenoxy) is 1. The third kappa shape index (κ3) is 2.76. The lowest BCUT2D eigenvalue weighted by Crippen LogP contribution is -2.02. The third-order valence-corrected chi connectivity index (χ3v) is 2.56. The molecule has 0 spiro atoms. The van der Waals surface area contributed by atoms with Gasteiger partial charge in [0.1, 0.15) is 5.01 Å². The van der Waals surface area contributed by atoms with E-state index in [-0.39, 0.29) is 0 Å². The summed E-state index contributed by atoms with van der Waals surface area (Å²) < 4.78 is 5.02. The molecule has 0 aliphatic carbocycles. The minimum absolute atomic E-state index is 0.402. The summed E-state index contributed by atoms with van der Waals surface area (Å²) in [6.07, 6.45) is -0.859. The second-order valence-corrected chi connectivity index (χ2v) is 3.96. The van der Waals surface area contributed by atoms with Gasteiger partial charge in [-0.1, -0.05) is 13.8 Å². The van der Waals surface area contributed by atoms with Gasteiger partial charge in [-0.05, 0) is 12.8 Å². The second kappa shape index (κ2) is 4.69. The van der Waals surface area contributed by atoms with Crippen LogP contribution in [0.25, 0.3) is 0 Å². The molecule has 0 amide bonds. The predicted molar refractivity (Wildman–Crippen MR) is 52.8 cm³/mol. The van der Waals surface area contributed by atoms with E-state index in [4.69, 9.17) is 4.74 Å². The number of aromatic nitrogens is 1. The lowest BCUT2D eigenvalue weighted by Gasteiger charge is -2.06. The maximum atomic E-state index is 9.44. The lowest BCUT2D eigenvalue weighted by molar-refractivity contribution is -0.0980. The Morgan fingerprint density at radius 3 is 2.77 bits per heavy atom. The Hall–Kier alpha value is -0.450. The Bertz CT molecular complexity index is 260. The summed E-state index contributed by atoms with van der Waals surface area (Å²) in [5, 5.41) is 12.0. The van der Waals surface area contributed by atoms with Crippen molar-refractivity contribution < 1.29 is 9.84 Å². The fraction of sp³-hybridized carbons (Fsp3) is 0.667. The van der Waals surface area contributed by atoms with Gasteiger partial charge in [0.25, 0.3) is 0 Å². The van der Waals surface area contributed by atoms with Crippen LogP contribution >= 0.6 is 11.3 Å². The van der Waals surface area contributed by atoms with E-state index in [1.807, 2.05) is 12.3 Å². The molecule has 0 bridgehead atoms. The van der Waals surface area contributed by atoms with Crippen LogP contribution in [-0.2, 0) is 4.74 Å². The summed E-state index contributed by atoms with van der Waals surface area (Å²) in [7, 11) is 0. The lowest BCUT2D eigenvalue weighted by atomic mass is 10.2. The van der Waals surface area contributed by atoms with Crippen LogP contribution in [0.3, 0.4) is 0 Å². The summed E-state index contributed by atoms with van der Waals surface area (Å²) in [6, 6.07) is 0. The topological polar surface area (TPSA) is 42.4 Å². The maximum Gasteiger partial charge on any atom is 0.208 e. The number of aliphatic hydroxyl groups is 1. The molecule has 1 heterocycles. The van der Waals surface area contributed by atoms with Gasteiger partial charge in [0.15, 0.2) is 0 Å². The largest absolute Gasteiger partial charge is 0.362 e. The molecule has 0 saturated heterocycles. The average molecular weight is 201 g/mol. The molecule has 0 radical (unpaired) electrons. The summed E-state index contributed by atoms with van der Waals surface area (Å²) in [5.41, 5.74) is 1.01. The van der Waals surface area contributed by atoms with Crippen molar-refractivity contribution >= 4 is 11.3 Å². The van der Waals surface area contributed by atoms with Crippen LogP contribution < -0.4 is 0 Å². The Morgan fingerprint density at radius 1 is 1.62 bits per heavy atom. The van der Waals surface area contributed by atoms with Crippen molar-refractivity contribution in [2.75, 3.05) is 6.61 Å². The molecule has 1 N–H and O–H groups in total. The zero-order valence-corrected chi connectivity index (χ0v) is 8.97. The van der Waals surface area contributed by atoms with Gasteiger partial charge in [-0.2, -0.15) is 0 Å². The third-order valence-electron chi connectivity index (χ3n) is 1.67. The first-order chi connectivity index (χ1) is 6.15. The van der Waals surface area contributed by atoms with E-state index in [0.717, 1.165) is 5.69 Å². The highest BCUT2D eigenvalue weighted by molar-refractivity contribution is 7.09. The molecular formula is C9H15NO2S. The van der Waals surface area contributed by atoms with Gasteiger partial charge in [0.2, 0.25) is 6.29 Å². The summed E-state index contributed by atoms with van der Waals surface area (Å²) in [5.74, 6) is 0.402. The molecule has 4 heteroatoms. The molecule has 0 aromatic carbocycles. The summed E-state index contributed by atoms with van der Waals surface area (Å²) in [6.45, 7) is 6.50. The van der Waals surface area contributed by atoms with Crippen molar-refractivity contribution in [2.45, 2.75) is 33.0 Å². The van der Waals surface area contributed by atoms with Gasteiger partial charge in [0.05, 0.1) is 5.69 Å². The van der Waals surface area contributed by atoms with E-state index in [0.29, 0.717) is 17.5 Å². The van der Waals surface area contributed by atoms with Crippen LogP contribution in [0.4, 0.5) is 0 Å². The van der Waals surface area contributed by atoms with E-state index in [2.05, 4.69) is 18.8 Å². The SMILES string of the molecule is CCOC(O)c1nc(C(C)C)cs1. The number of thiazole rings is 1. The zero-order valence-electron chi connectivity index (χ0n) is 8.15. The van der Waals surface area contributed by atoms with Gasteiger partial charge in [-0.3, -0.25) is 0 Å². The zero-order chi connectivity index (χ0) is 9.84. The van der Waals surface area contributed by atoms with Crippen LogP contribution in [-0.4, -0.2) is 16.7 Å². The van der Waals surface area contributed by atoms with E-state index >= 15 is 0 Å². The Balaban J connectivity index is 2.67. The fourth-order valence-electron chi connectivity index (χ4n) is 0.908. The van der Waals surface area contributed by atoms with E-state index in [9.17, 15) is 5.11 Å². The predicted octanol–water partition coefficient (Wildman–Crippen LogP) is 2.29. The van der Waals surface area contributed by atoms with E-state index < -0.39 is 6.29 Å². The van der Waals surface area contributed by atoms with Crippen molar-refractivity contribution in [3.63, 3.8) is 0 Å². The van der Waals surface area contributed by atoms with Crippen molar-refractivity contribution in [1.82, 2.24) is 4.98 Å². The average Bonchev–Trinajstić information content (AvgIpc) is 2.52. The molecule has 3 nitrogen and oxygen atoms in total. The highest BCUT2D eigenvalue weighted by Gasteiger charge is 2.12. The molecule has 1 atom stereocenters. The fourth-order valence-corrected chi connectivity index (χ4v) is 1.82. The van der Waals surface area contributed by atoms with Gasteiger partial charge in [-0.25, -0.2) is 4.98 Å².